The summed E-state index contributed by atoms with van der Waals surface area (Å²) in [5, 5.41) is 3.14. The summed E-state index contributed by atoms with van der Waals surface area (Å²) in [5.41, 5.74) is 0.616. The SMILES string of the molecule is O=C(Nc1ccc(Cl)nc1)N1CCN(C2CCOc3cc(C(F)(F)F)ccc32)CC1. The molecule has 0 bridgehead atoms. The molecule has 1 saturated heterocycles. The van der Waals surface area contributed by atoms with E-state index in [2.05, 4.69) is 15.2 Å². The molecule has 1 atom stereocenters. The van der Waals surface area contributed by atoms with Crippen LogP contribution in [0.3, 0.4) is 0 Å². The van der Waals surface area contributed by atoms with Gasteiger partial charge in [0, 0.05) is 44.2 Å². The number of amides is 2. The summed E-state index contributed by atoms with van der Waals surface area (Å²) in [7, 11) is 0. The van der Waals surface area contributed by atoms with Crippen molar-refractivity contribution < 1.29 is 22.7 Å². The van der Waals surface area contributed by atoms with E-state index in [1.165, 1.54) is 12.3 Å². The Morgan fingerprint density at radius 3 is 2.60 bits per heavy atom. The Morgan fingerprint density at radius 2 is 1.93 bits per heavy atom. The van der Waals surface area contributed by atoms with E-state index >= 15 is 0 Å². The van der Waals surface area contributed by atoms with Gasteiger partial charge in [-0.3, -0.25) is 4.90 Å². The summed E-state index contributed by atoms with van der Waals surface area (Å²) in [4.78, 5) is 20.3. The summed E-state index contributed by atoms with van der Waals surface area (Å²) < 4.78 is 44.5. The Labute approximate surface area is 176 Å². The molecule has 2 amide bonds. The van der Waals surface area contributed by atoms with Crippen molar-refractivity contribution in [2.24, 2.45) is 0 Å². The number of fused-ring (bicyclic) bond motifs is 1. The second-order valence-corrected chi connectivity index (χ2v) is 7.61. The molecule has 6 nitrogen and oxygen atoms in total. The molecule has 1 aromatic carbocycles. The van der Waals surface area contributed by atoms with Crippen LogP contribution < -0.4 is 10.1 Å². The maximum Gasteiger partial charge on any atom is 0.416 e. The number of urea groups is 1. The van der Waals surface area contributed by atoms with Crippen LogP contribution in [0.25, 0.3) is 0 Å². The number of rotatable bonds is 2. The molecule has 0 saturated carbocycles. The van der Waals surface area contributed by atoms with Gasteiger partial charge in [0.2, 0.25) is 0 Å². The van der Waals surface area contributed by atoms with E-state index in [0.29, 0.717) is 50.0 Å². The molecule has 160 valence electrons. The number of piperazine rings is 1. The Balaban J connectivity index is 1.39. The number of pyridine rings is 1. The molecule has 0 aliphatic carbocycles. The van der Waals surface area contributed by atoms with Crippen LogP contribution in [0.1, 0.15) is 23.6 Å². The fourth-order valence-corrected chi connectivity index (χ4v) is 3.93. The number of carbonyl (C=O) groups is 1. The number of benzene rings is 1. The second-order valence-electron chi connectivity index (χ2n) is 7.23. The summed E-state index contributed by atoms with van der Waals surface area (Å²) in [6.45, 7) is 2.64. The van der Waals surface area contributed by atoms with E-state index in [-0.39, 0.29) is 17.8 Å². The van der Waals surface area contributed by atoms with Crippen LogP contribution in [-0.2, 0) is 6.18 Å². The Bertz CT molecular complexity index is 915. The van der Waals surface area contributed by atoms with Crippen molar-refractivity contribution >= 4 is 23.3 Å². The number of hydrogen-bond donors (Lipinski definition) is 1. The van der Waals surface area contributed by atoms with E-state index in [9.17, 15) is 18.0 Å². The first kappa shape index (κ1) is 20.7. The molecule has 1 unspecified atom stereocenters. The highest BCUT2D eigenvalue weighted by Crippen LogP contribution is 2.40. The van der Waals surface area contributed by atoms with Gasteiger partial charge in [-0.25, -0.2) is 9.78 Å². The zero-order valence-corrected chi connectivity index (χ0v) is 16.7. The predicted octanol–water partition coefficient (Wildman–Crippen LogP) is 4.43. The first-order valence-electron chi connectivity index (χ1n) is 9.57. The first-order chi connectivity index (χ1) is 14.3. The quantitative estimate of drug-likeness (QED) is 0.702. The fraction of sp³-hybridized carbons (Fsp3) is 0.400. The largest absolute Gasteiger partial charge is 0.493 e. The number of halogens is 4. The lowest BCUT2D eigenvalue weighted by Gasteiger charge is -2.41. The number of ether oxygens (including phenoxy) is 1. The molecule has 30 heavy (non-hydrogen) atoms. The number of anilines is 1. The van der Waals surface area contributed by atoms with E-state index in [0.717, 1.165) is 17.7 Å². The van der Waals surface area contributed by atoms with Gasteiger partial charge in [-0.2, -0.15) is 13.2 Å². The second kappa shape index (κ2) is 8.31. The van der Waals surface area contributed by atoms with E-state index < -0.39 is 11.7 Å². The van der Waals surface area contributed by atoms with Crippen LogP contribution in [0.15, 0.2) is 36.5 Å². The van der Waals surface area contributed by atoms with Gasteiger partial charge < -0.3 is 15.0 Å². The number of nitrogens with zero attached hydrogens (tertiary/aromatic N) is 3. The third kappa shape index (κ3) is 4.46. The van der Waals surface area contributed by atoms with E-state index in [4.69, 9.17) is 16.3 Å². The van der Waals surface area contributed by atoms with Crippen LogP contribution >= 0.6 is 11.6 Å². The highest BCUT2D eigenvalue weighted by molar-refractivity contribution is 6.29. The van der Waals surface area contributed by atoms with Crippen molar-refractivity contribution in [3.63, 3.8) is 0 Å². The van der Waals surface area contributed by atoms with E-state index in [1.807, 2.05) is 0 Å². The van der Waals surface area contributed by atoms with Gasteiger partial charge in [0.15, 0.2) is 0 Å². The molecule has 2 aromatic rings. The van der Waals surface area contributed by atoms with Crippen LogP contribution in [0, 0.1) is 0 Å². The Morgan fingerprint density at radius 1 is 1.17 bits per heavy atom. The summed E-state index contributed by atoms with van der Waals surface area (Å²) in [6.07, 6.45) is -2.21. The number of hydrogen-bond acceptors (Lipinski definition) is 4. The predicted molar refractivity (Wildman–Crippen MR) is 106 cm³/mol. The van der Waals surface area contributed by atoms with Gasteiger partial charge >= 0.3 is 12.2 Å². The highest BCUT2D eigenvalue weighted by Gasteiger charge is 2.35. The van der Waals surface area contributed by atoms with E-state index in [1.54, 1.807) is 17.0 Å². The van der Waals surface area contributed by atoms with Gasteiger partial charge in [-0.05, 0) is 24.3 Å². The lowest BCUT2D eigenvalue weighted by Crippen LogP contribution is -2.51. The van der Waals surface area contributed by atoms with Crippen LogP contribution in [0.5, 0.6) is 5.75 Å². The Hall–Kier alpha value is -2.52. The maximum atomic E-state index is 13.0. The monoisotopic (exact) mass is 440 g/mol. The zero-order valence-electron chi connectivity index (χ0n) is 16.0. The minimum Gasteiger partial charge on any atom is -0.493 e. The average molecular weight is 441 g/mol. The molecule has 10 heteroatoms. The molecular formula is C20H20ClF3N4O2. The molecular weight excluding hydrogens is 421 g/mol. The number of aromatic nitrogens is 1. The lowest BCUT2D eigenvalue weighted by molar-refractivity contribution is -0.137. The minimum atomic E-state index is -4.40. The van der Waals surface area contributed by atoms with Crippen molar-refractivity contribution in [2.75, 3.05) is 38.1 Å². The molecule has 1 fully saturated rings. The van der Waals surface area contributed by atoms with Crippen LogP contribution in [0.2, 0.25) is 5.15 Å². The van der Waals surface area contributed by atoms with Crippen molar-refractivity contribution in [3.8, 4) is 5.75 Å². The van der Waals surface area contributed by atoms with Gasteiger partial charge in [0.25, 0.3) is 0 Å². The van der Waals surface area contributed by atoms with Gasteiger partial charge in [-0.1, -0.05) is 17.7 Å². The smallest absolute Gasteiger partial charge is 0.416 e. The molecule has 1 aromatic heterocycles. The standard InChI is InChI=1S/C20H20ClF3N4O2/c21-18-4-2-14(12-25-18)26-19(29)28-8-6-27(7-9-28)16-5-10-30-17-11-13(20(22,23)24)1-3-15(16)17/h1-4,11-12,16H,5-10H2,(H,26,29). The number of alkyl halides is 3. The van der Waals surface area contributed by atoms with Crippen LogP contribution in [0.4, 0.5) is 23.7 Å². The molecule has 0 spiro atoms. The molecule has 2 aliphatic rings. The molecule has 2 aliphatic heterocycles. The minimum absolute atomic E-state index is 0.0262. The third-order valence-electron chi connectivity index (χ3n) is 5.37. The lowest BCUT2D eigenvalue weighted by atomic mass is 9.96. The summed E-state index contributed by atoms with van der Waals surface area (Å²) in [5.74, 6) is 0.288. The molecule has 4 rings (SSSR count). The molecule has 3 heterocycles. The normalized spacial score (nSPS) is 19.7. The van der Waals surface area contributed by atoms with Crippen molar-refractivity contribution in [1.82, 2.24) is 14.8 Å². The van der Waals surface area contributed by atoms with Gasteiger partial charge in [0.1, 0.15) is 10.9 Å². The average Bonchev–Trinajstić information content (AvgIpc) is 2.74. The molecule has 0 radical (unpaired) electrons. The summed E-state index contributed by atoms with van der Waals surface area (Å²) in [6, 6.07) is 6.71. The maximum absolute atomic E-state index is 13.0. The van der Waals surface area contributed by atoms with Crippen molar-refractivity contribution in [3.05, 3.63) is 52.8 Å². The van der Waals surface area contributed by atoms with Gasteiger partial charge in [0.05, 0.1) is 24.1 Å². The number of nitrogens with one attached hydrogen (secondary N) is 1. The zero-order chi connectivity index (χ0) is 21.3. The first-order valence-corrected chi connectivity index (χ1v) is 9.94. The topological polar surface area (TPSA) is 57.7 Å². The Kier molecular flexibility index (Phi) is 5.75. The van der Waals surface area contributed by atoms with Gasteiger partial charge in [-0.15, -0.1) is 0 Å². The third-order valence-corrected chi connectivity index (χ3v) is 5.59. The summed E-state index contributed by atoms with van der Waals surface area (Å²) >= 11 is 5.75. The molecule has 1 N–H and O–H groups in total. The fourth-order valence-electron chi connectivity index (χ4n) is 3.82. The van der Waals surface area contributed by atoms with Crippen LogP contribution in [-0.4, -0.2) is 53.6 Å². The van der Waals surface area contributed by atoms with Crippen molar-refractivity contribution in [2.45, 2.75) is 18.6 Å². The number of carbonyl (C=O) groups excluding carboxylic acids is 1. The van der Waals surface area contributed by atoms with Crippen molar-refractivity contribution in [1.29, 1.82) is 0 Å². The highest BCUT2D eigenvalue weighted by atomic mass is 35.5.